The highest BCUT2D eigenvalue weighted by Crippen LogP contribution is 2.21. The van der Waals surface area contributed by atoms with Crippen LogP contribution in [0, 0.1) is 21.7 Å². The lowest BCUT2D eigenvalue weighted by atomic mass is 10.2. The summed E-state index contributed by atoms with van der Waals surface area (Å²) in [7, 11) is 0. The molecule has 0 aliphatic heterocycles. The van der Waals surface area contributed by atoms with E-state index in [0.29, 0.717) is 0 Å². The molecule has 2 rings (SSSR count). The van der Waals surface area contributed by atoms with Crippen LogP contribution in [0.5, 0.6) is 0 Å². The van der Waals surface area contributed by atoms with E-state index in [1.807, 2.05) is 0 Å². The third-order valence-electron chi connectivity index (χ3n) is 2.99. The summed E-state index contributed by atoms with van der Waals surface area (Å²) in [6, 6.07) is 5.79. The molecule has 0 radical (unpaired) electrons. The number of nitrogens with one attached hydrogen (secondary N) is 1. The minimum Gasteiger partial charge on any atom is -0.452 e. The number of nitrogens with zero attached hydrogens (tertiary/aromatic N) is 1. The quantitative estimate of drug-likeness (QED) is 0.368. The lowest BCUT2D eigenvalue weighted by molar-refractivity contribution is -0.387. The van der Waals surface area contributed by atoms with Crippen LogP contribution in [0.3, 0.4) is 0 Å². The molecule has 0 aliphatic carbocycles. The summed E-state index contributed by atoms with van der Waals surface area (Å²) in [6.45, 7) is -0.721. The van der Waals surface area contributed by atoms with E-state index in [1.54, 1.807) is 0 Å². The molecule has 0 atom stereocenters. The molecule has 0 spiro atoms. The summed E-state index contributed by atoms with van der Waals surface area (Å²) in [4.78, 5) is 33.2. The molecule has 0 saturated carbocycles. The van der Waals surface area contributed by atoms with E-state index in [-0.39, 0.29) is 16.9 Å². The van der Waals surface area contributed by atoms with E-state index in [1.165, 1.54) is 0 Å². The second-order valence-electron chi connectivity index (χ2n) is 4.78. The van der Waals surface area contributed by atoms with E-state index in [2.05, 4.69) is 5.32 Å². The highest BCUT2D eigenvalue weighted by Gasteiger charge is 2.17. The number of ether oxygens (including phenoxy) is 1. The third kappa shape index (κ3) is 4.47. The van der Waals surface area contributed by atoms with Crippen LogP contribution >= 0.6 is 0 Å². The first-order valence-electron chi connectivity index (χ1n) is 6.74. The maximum absolute atomic E-state index is 13.2. The summed E-state index contributed by atoms with van der Waals surface area (Å²) in [6.07, 6.45) is 0. The van der Waals surface area contributed by atoms with Crippen molar-refractivity contribution < 1.29 is 28.0 Å². The molecule has 2 aromatic carbocycles. The molecule has 8 nitrogen and oxygen atoms in total. The molecule has 3 N–H and O–H groups in total. The van der Waals surface area contributed by atoms with Gasteiger partial charge in [0, 0.05) is 17.4 Å². The molecule has 0 unspecified atom stereocenters. The van der Waals surface area contributed by atoms with Gasteiger partial charge >= 0.3 is 11.7 Å². The fraction of sp³-hybridized carbons (Fsp3) is 0.0667. The molecule has 1 amide bonds. The van der Waals surface area contributed by atoms with Gasteiger partial charge in [0.15, 0.2) is 6.61 Å². The van der Waals surface area contributed by atoms with Gasteiger partial charge in [0.2, 0.25) is 5.82 Å². The van der Waals surface area contributed by atoms with Crippen molar-refractivity contribution >= 4 is 28.9 Å². The number of rotatable bonds is 5. The molecule has 130 valence electrons. The monoisotopic (exact) mass is 351 g/mol. The van der Waals surface area contributed by atoms with E-state index in [4.69, 9.17) is 10.5 Å². The van der Waals surface area contributed by atoms with Crippen molar-refractivity contribution in [1.29, 1.82) is 0 Å². The topological polar surface area (TPSA) is 125 Å². The summed E-state index contributed by atoms with van der Waals surface area (Å²) in [5, 5.41) is 12.8. The molecule has 0 aliphatic rings. The van der Waals surface area contributed by atoms with Gasteiger partial charge in [0.05, 0.1) is 10.5 Å². The number of nitrogen functional groups attached to an aromatic ring is 1. The number of nitro groups is 1. The van der Waals surface area contributed by atoms with Crippen molar-refractivity contribution in [3.05, 3.63) is 63.7 Å². The molecule has 0 heterocycles. The first-order valence-corrected chi connectivity index (χ1v) is 6.74. The number of benzene rings is 2. The van der Waals surface area contributed by atoms with E-state index in [0.717, 1.165) is 36.4 Å². The molecule has 2 aromatic rings. The number of carbonyl (C=O) groups excluding carboxylic acids is 2. The molecule has 0 bridgehead atoms. The Hall–Kier alpha value is -3.56. The zero-order valence-electron chi connectivity index (χ0n) is 12.5. The summed E-state index contributed by atoms with van der Waals surface area (Å²) < 4.78 is 30.8. The molecule has 25 heavy (non-hydrogen) atoms. The Bertz CT molecular complexity index is 857. The van der Waals surface area contributed by atoms with Crippen LogP contribution in [0.4, 0.5) is 25.8 Å². The fourth-order valence-corrected chi connectivity index (χ4v) is 1.86. The van der Waals surface area contributed by atoms with Crippen LogP contribution in [0.25, 0.3) is 0 Å². The fourth-order valence-electron chi connectivity index (χ4n) is 1.86. The van der Waals surface area contributed by atoms with Gasteiger partial charge in [-0.2, -0.15) is 4.39 Å². The lowest BCUT2D eigenvalue weighted by Gasteiger charge is -2.08. The zero-order chi connectivity index (χ0) is 18.6. The largest absolute Gasteiger partial charge is 0.452 e. The van der Waals surface area contributed by atoms with E-state index in [9.17, 15) is 28.5 Å². The number of carbonyl (C=O) groups is 2. The number of nitrogens with two attached hydrogens (primary N) is 1. The van der Waals surface area contributed by atoms with Crippen LogP contribution in [0.15, 0.2) is 36.4 Å². The van der Waals surface area contributed by atoms with Crippen molar-refractivity contribution in [2.45, 2.75) is 0 Å². The normalized spacial score (nSPS) is 10.2. The van der Waals surface area contributed by atoms with Gasteiger partial charge in [-0.15, -0.1) is 0 Å². The first kappa shape index (κ1) is 17.8. The van der Waals surface area contributed by atoms with Gasteiger partial charge in [0.25, 0.3) is 5.91 Å². The van der Waals surface area contributed by atoms with Crippen molar-refractivity contribution in [2.24, 2.45) is 0 Å². The predicted molar refractivity (Wildman–Crippen MR) is 82.8 cm³/mol. The molecule has 10 heteroatoms. The smallest absolute Gasteiger partial charge is 0.340 e. The first-order chi connectivity index (χ1) is 11.8. The maximum Gasteiger partial charge on any atom is 0.340 e. The molecular formula is C15H11F2N3O5. The molecular weight excluding hydrogens is 340 g/mol. The average Bonchev–Trinajstić information content (AvgIpc) is 2.54. The van der Waals surface area contributed by atoms with Crippen molar-refractivity contribution in [2.75, 3.05) is 17.7 Å². The number of esters is 1. The van der Waals surface area contributed by atoms with E-state index < -0.39 is 40.7 Å². The second kappa shape index (κ2) is 7.34. The van der Waals surface area contributed by atoms with Gasteiger partial charge in [0.1, 0.15) is 5.82 Å². The Kier molecular flexibility index (Phi) is 5.22. The number of halogens is 2. The summed E-state index contributed by atoms with van der Waals surface area (Å²) in [5.74, 6) is -3.45. The predicted octanol–water partition coefficient (Wildman–Crippen LogP) is 2.25. The molecule has 0 fully saturated rings. The Morgan fingerprint density at radius 1 is 1.20 bits per heavy atom. The van der Waals surface area contributed by atoms with Crippen molar-refractivity contribution in [1.82, 2.24) is 0 Å². The van der Waals surface area contributed by atoms with Crippen molar-refractivity contribution in [3.63, 3.8) is 0 Å². The van der Waals surface area contributed by atoms with Gasteiger partial charge in [-0.05, 0) is 30.3 Å². The average molecular weight is 351 g/mol. The van der Waals surface area contributed by atoms with Gasteiger partial charge in [-0.3, -0.25) is 14.9 Å². The maximum atomic E-state index is 13.2. The Labute approximate surface area is 139 Å². The Morgan fingerprint density at radius 2 is 1.92 bits per heavy atom. The van der Waals surface area contributed by atoms with Crippen LogP contribution in [-0.4, -0.2) is 23.4 Å². The van der Waals surface area contributed by atoms with Gasteiger partial charge < -0.3 is 15.8 Å². The summed E-state index contributed by atoms with van der Waals surface area (Å²) in [5.41, 5.74) is 4.34. The van der Waals surface area contributed by atoms with Crippen LogP contribution in [0.2, 0.25) is 0 Å². The number of nitro benzene ring substituents is 1. The standard InChI is InChI=1S/C15H11F2N3O5/c16-8-1-3-10(12(18)5-8)15(22)25-7-14(21)19-9-2-4-11(17)13(6-9)20(23)24/h1-6H,7,18H2,(H,19,21). The van der Waals surface area contributed by atoms with Gasteiger partial charge in [-0.1, -0.05) is 0 Å². The second-order valence-corrected chi connectivity index (χ2v) is 4.78. The highest BCUT2D eigenvalue weighted by molar-refractivity contribution is 5.98. The highest BCUT2D eigenvalue weighted by atomic mass is 19.1. The number of hydrogen-bond donors (Lipinski definition) is 2. The SMILES string of the molecule is Nc1cc(F)ccc1C(=O)OCC(=O)Nc1ccc(F)c([N+](=O)[O-])c1. The van der Waals surface area contributed by atoms with Crippen molar-refractivity contribution in [3.8, 4) is 0 Å². The van der Waals surface area contributed by atoms with E-state index >= 15 is 0 Å². The Morgan fingerprint density at radius 3 is 2.56 bits per heavy atom. The minimum absolute atomic E-state index is 0.0459. The van der Waals surface area contributed by atoms with Crippen LogP contribution in [-0.2, 0) is 9.53 Å². The number of hydrogen-bond acceptors (Lipinski definition) is 6. The molecule has 0 aromatic heterocycles. The minimum atomic E-state index is -1.05. The zero-order valence-corrected chi connectivity index (χ0v) is 12.5. The number of anilines is 2. The van der Waals surface area contributed by atoms with Crippen LogP contribution < -0.4 is 11.1 Å². The molecule has 0 saturated heterocycles. The Balaban J connectivity index is 1.98. The van der Waals surface area contributed by atoms with Crippen LogP contribution in [0.1, 0.15) is 10.4 Å². The van der Waals surface area contributed by atoms with Gasteiger partial charge in [-0.25, -0.2) is 9.18 Å². The summed E-state index contributed by atoms with van der Waals surface area (Å²) >= 11 is 0. The number of amides is 1. The third-order valence-corrected chi connectivity index (χ3v) is 2.99. The lowest BCUT2D eigenvalue weighted by Crippen LogP contribution is -2.21.